The molecule has 1 unspecified atom stereocenters. The lowest BCUT2D eigenvalue weighted by atomic mass is 10.1. The Labute approximate surface area is 112 Å². The van der Waals surface area contributed by atoms with Crippen LogP contribution < -0.4 is 5.73 Å². The van der Waals surface area contributed by atoms with Gasteiger partial charge in [0.2, 0.25) is 5.91 Å². The summed E-state index contributed by atoms with van der Waals surface area (Å²) >= 11 is 5.81. The number of ether oxygens (including phenoxy) is 1. The van der Waals surface area contributed by atoms with Gasteiger partial charge < -0.3 is 15.4 Å². The number of hydrogen-bond acceptors (Lipinski definition) is 3. The maximum atomic E-state index is 12.2. The predicted molar refractivity (Wildman–Crippen MR) is 70.5 cm³/mol. The number of nitrogens with two attached hydrogens (primary N) is 1. The lowest BCUT2D eigenvalue weighted by Crippen LogP contribution is -2.52. The molecule has 1 aliphatic heterocycles. The number of benzene rings is 1. The van der Waals surface area contributed by atoms with Crippen molar-refractivity contribution in [3.63, 3.8) is 0 Å². The summed E-state index contributed by atoms with van der Waals surface area (Å²) in [6.45, 7) is 2.17. The maximum Gasteiger partial charge on any atom is 0.227 e. The molecule has 0 aromatic heterocycles. The summed E-state index contributed by atoms with van der Waals surface area (Å²) in [5.74, 6) is 0.0936. The van der Waals surface area contributed by atoms with Gasteiger partial charge in [-0.1, -0.05) is 23.7 Å². The van der Waals surface area contributed by atoms with Crippen molar-refractivity contribution >= 4 is 17.5 Å². The number of morpholine rings is 1. The fourth-order valence-electron chi connectivity index (χ4n) is 2.06. The van der Waals surface area contributed by atoms with E-state index in [1.807, 2.05) is 17.0 Å². The van der Waals surface area contributed by atoms with Gasteiger partial charge in [0.1, 0.15) is 0 Å². The summed E-state index contributed by atoms with van der Waals surface area (Å²) in [5, 5.41) is 0.678. The van der Waals surface area contributed by atoms with Gasteiger partial charge in [0.15, 0.2) is 0 Å². The van der Waals surface area contributed by atoms with E-state index in [1.54, 1.807) is 12.1 Å². The molecule has 0 bridgehead atoms. The molecule has 1 atom stereocenters. The fraction of sp³-hybridized carbons (Fsp3) is 0.462. The van der Waals surface area contributed by atoms with Crippen LogP contribution in [0.4, 0.5) is 0 Å². The zero-order valence-electron chi connectivity index (χ0n) is 10.1. The molecule has 1 aromatic carbocycles. The van der Waals surface area contributed by atoms with Crippen molar-refractivity contribution in [2.24, 2.45) is 5.73 Å². The Bertz CT molecular complexity index is 408. The van der Waals surface area contributed by atoms with Crippen molar-refractivity contribution in [3.05, 3.63) is 34.9 Å². The number of carbonyl (C=O) groups excluding carboxylic acids is 1. The summed E-state index contributed by atoms with van der Waals surface area (Å²) < 4.78 is 5.33. The first-order chi connectivity index (χ1) is 8.70. The van der Waals surface area contributed by atoms with E-state index in [0.717, 1.165) is 5.56 Å². The van der Waals surface area contributed by atoms with Gasteiger partial charge in [-0.15, -0.1) is 0 Å². The third kappa shape index (κ3) is 3.22. The second-order valence-electron chi connectivity index (χ2n) is 4.35. The molecule has 1 aromatic rings. The van der Waals surface area contributed by atoms with Crippen molar-refractivity contribution in [2.75, 3.05) is 26.3 Å². The highest BCUT2D eigenvalue weighted by molar-refractivity contribution is 6.30. The summed E-state index contributed by atoms with van der Waals surface area (Å²) in [5.41, 5.74) is 6.62. The van der Waals surface area contributed by atoms with E-state index < -0.39 is 0 Å². The number of nitrogens with zero attached hydrogens (tertiary/aromatic N) is 1. The molecule has 0 aliphatic carbocycles. The quantitative estimate of drug-likeness (QED) is 0.892. The summed E-state index contributed by atoms with van der Waals surface area (Å²) in [7, 11) is 0. The SMILES string of the molecule is NCC1COCCN1C(=O)Cc1ccc(Cl)cc1. The molecular weight excluding hydrogens is 252 g/mol. The van der Waals surface area contributed by atoms with Crippen LogP contribution in [0.25, 0.3) is 0 Å². The largest absolute Gasteiger partial charge is 0.377 e. The second kappa shape index (κ2) is 6.18. The standard InChI is InChI=1S/C13H17ClN2O2/c14-11-3-1-10(2-4-11)7-13(17)16-5-6-18-9-12(16)8-15/h1-4,12H,5-9,15H2. The van der Waals surface area contributed by atoms with Gasteiger partial charge in [-0.2, -0.15) is 0 Å². The highest BCUT2D eigenvalue weighted by atomic mass is 35.5. The van der Waals surface area contributed by atoms with Gasteiger partial charge in [0, 0.05) is 18.1 Å². The molecule has 2 rings (SSSR count). The minimum absolute atomic E-state index is 0.00134. The molecule has 1 saturated heterocycles. The van der Waals surface area contributed by atoms with Crippen molar-refractivity contribution in [1.29, 1.82) is 0 Å². The normalized spacial score (nSPS) is 19.9. The lowest BCUT2D eigenvalue weighted by molar-refractivity contribution is -0.138. The molecule has 0 spiro atoms. The molecule has 1 aliphatic rings. The van der Waals surface area contributed by atoms with Crippen LogP contribution in [0, 0.1) is 0 Å². The minimum atomic E-state index is -0.00134. The topological polar surface area (TPSA) is 55.6 Å². The van der Waals surface area contributed by atoms with Crippen LogP contribution in [0.1, 0.15) is 5.56 Å². The molecule has 18 heavy (non-hydrogen) atoms. The van der Waals surface area contributed by atoms with Gasteiger partial charge in [-0.25, -0.2) is 0 Å². The van der Waals surface area contributed by atoms with Crippen LogP contribution in [0.3, 0.4) is 0 Å². The Balaban J connectivity index is 2.00. The van der Waals surface area contributed by atoms with Crippen LogP contribution in [-0.4, -0.2) is 43.2 Å². The average Bonchev–Trinajstić information content (AvgIpc) is 2.41. The summed E-state index contributed by atoms with van der Waals surface area (Å²) in [4.78, 5) is 14.0. The minimum Gasteiger partial charge on any atom is -0.377 e. The van der Waals surface area contributed by atoms with Gasteiger partial charge in [-0.05, 0) is 17.7 Å². The predicted octanol–water partition coefficient (Wildman–Crippen LogP) is 1.07. The van der Waals surface area contributed by atoms with E-state index in [0.29, 0.717) is 37.7 Å². The molecule has 0 radical (unpaired) electrons. The van der Waals surface area contributed by atoms with Gasteiger partial charge in [-0.3, -0.25) is 4.79 Å². The van der Waals surface area contributed by atoms with E-state index >= 15 is 0 Å². The molecule has 5 heteroatoms. The van der Waals surface area contributed by atoms with Gasteiger partial charge in [0.05, 0.1) is 25.7 Å². The smallest absolute Gasteiger partial charge is 0.227 e. The lowest BCUT2D eigenvalue weighted by Gasteiger charge is -2.35. The second-order valence-corrected chi connectivity index (χ2v) is 4.79. The highest BCUT2D eigenvalue weighted by Gasteiger charge is 2.25. The maximum absolute atomic E-state index is 12.2. The number of rotatable bonds is 3. The van der Waals surface area contributed by atoms with E-state index in [4.69, 9.17) is 22.1 Å². The molecule has 2 N–H and O–H groups in total. The third-order valence-electron chi connectivity index (χ3n) is 3.09. The molecule has 98 valence electrons. The molecule has 4 nitrogen and oxygen atoms in total. The molecule has 1 amide bonds. The molecule has 1 heterocycles. The first kappa shape index (κ1) is 13.3. The Morgan fingerprint density at radius 2 is 2.17 bits per heavy atom. The van der Waals surface area contributed by atoms with E-state index in [1.165, 1.54) is 0 Å². The van der Waals surface area contributed by atoms with E-state index in [9.17, 15) is 4.79 Å². The Hall–Kier alpha value is -1.10. The Kier molecular flexibility index (Phi) is 4.58. The molecule has 0 saturated carbocycles. The average molecular weight is 269 g/mol. The number of halogens is 1. The number of amides is 1. The Morgan fingerprint density at radius 3 is 2.83 bits per heavy atom. The van der Waals surface area contributed by atoms with Crippen molar-refractivity contribution < 1.29 is 9.53 Å². The first-order valence-corrected chi connectivity index (χ1v) is 6.40. The van der Waals surface area contributed by atoms with Gasteiger partial charge >= 0.3 is 0 Å². The van der Waals surface area contributed by atoms with Crippen molar-refractivity contribution in [3.8, 4) is 0 Å². The third-order valence-corrected chi connectivity index (χ3v) is 3.34. The van der Waals surface area contributed by atoms with Crippen LogP contribution in [0.5, 0.6) is 0 Å². The Morgan fingerprint density at radius 1 is 1.44 bits per heavy atom. The van der Waals surface area contributed by atoms with Crippen LogP contribution in [0.15, 0.2) is 24.3 Å². The zero-order valence-corrected chi connectivity index (χ0v) is 10.9. The fourth-order valence-corrected chi connectivity index (χ4v) is 2.18. The van der Waals surface area contributed by atoms with Crippen LogP contribution in [0.2, 0.25) is 5.02 Å². The number of carbonyl (C=O) groups is 1. The van der Waals surface area contributed by atoms with Crippen molar-refractivity contribution in [2.45, 2.75) is 12.5 Å². The summed E-state index contributed by atoms with van der Waals surface area (Å²) in [6.07, 6.45) is 0.383. The molecular formula is C13H17ClN2O2. The van der Waals surface area contributed by atoms with E-state index in [-0.39, 0.29) is 11.9 Å². The monoisotopic (exact) mass is 268 g/mol. The first-order valence-electron chi connectivity index (χ1n) is 6.02. The van der Waals surface area contributed by atoms with Gasteiger partial charge in [0.25, 0.3) is 0 Å². The van der Waals surface area contributed by atoms with Crippen molar-refractivity contribution in [1.82, 2.24) is 4.90 Å². The van der Waals surface area contributed by atoms with Crippen LogP contribution in [-0.2, 0) is 16.0 Å². The highest BCUT2D eigenvalue weighted by Crippen LogP contribution is 2.13. The molecule has 1 fully saturated rings. The summed E-state index contributed by atoms with van der Waals surface area (Å²) in [6, 6.07) is 7.34. The zero-order chi connectivity index (χ0) is 13.0. The number of hydrogen-bond donors (Lipinski definition) is 1. The van der Waals surface area contributed by atoms with E-state index in [2.05, 4.69) is 0 Å². The van der Waals surface area contributed by atoms with Crippen LogP contribution >= 0.6 is 11.6 Å².